The second-order valence-electron chi connectivity index (χ2n) is 1.27. The fraction of sp³-hybridized carbons (Fsp3) is 0. The Morgan fingerprint density at radius 2 is 2.30 bits per heavy atom. The summed E-state index contributed by atoms with van der Waals surface area (Å²) in [6.07, 6.45) is 6.40. The maximum Gasteiger partial charge on any atom is 0.0482 e. The monoisotopic (exact) mass is 155 g/mol. The second-order valence-corrected chi connectivity index (χ2v) is 1.54. The fourth-order valence-corrected chi connectivity index (χ4v) is 0.330. The highest BCUT2D eigenvalue weighted by molar-refractivity contribution is 7.79. The van der Waals surface area contributed by atoms with Crippen molar-refractivity contribution in [3.63, 3.8) is 0 Å². The maximum absolute atomic E-state index is 4.52. The van der Waals surface area contributed by atoms with Gasteiger partial charge >= 0.3 is 0 Å². The number of allylic oxidation sites excluding steroid dienone is 2. The molecule has 0 spiro atoms. The van der Waals surface area contributed by atoms with Crippen LogP contribution in [0.4, 0.5) is 0 Å². The zero-order valence-corrected chi connectivity index (χ0v) is 6.27. The zero-order chi connectivity index (χ0) is 7.66. The smallest absolute Gasteiger partial charge is 0.0482 e. The van der Waals surface area contributed by atoms with Crippen molar-refractivity contribution in [1.29, 1.82) is 0 Å². The topological polar surface area (TPSA) is 36.4 Å². The third kappa shape index (κ3) is 6.84. The van der Waals surface area contributed by atoms with Crippen molar-refractivity contribution >= 4 is 23.8 Å². The summed E-state index contributed by atoms with van der Waals surface area (Å²) >= 11 is 4.52. The lowest BCUT2D eigenvalue weighted by Crippen LogP contribution is -2.20. The quantitative estimate of drug-likeness (QED) is 0.202. The summed E-state index contributed by atoms with van der Waals surface area (Å²) in [7, 11) is 0. The lowest BCUT2D eigenvalue weighted by molar-refractivity contribution is 0.672. The summed E-state index contributed by atoms with van der Waals surface area (Å²) in [6, 6.07) is 0. The molecule has 0 aliphatic carbocycles. The van der Waals surface area contributed by atoms with E-state index in [1.807, 2.05) is 0 Å². The van der Waals surface area contributed by atoms with Gasteiger partial charge in [0.1, 0.15) is 0 Å². The third-order valence-corrected chi connectivity index (χ3v) is 0.724. The molecule has 0 unspecified atom stereocenters. The summed E-state index contributed by atoms with van der Waals surface area (Å²) < 4.78 is 0. The van der Waals surface area contributed by atoms with Gasteiger partial charge in [0.15, 0.2) is 0 Å². The molecule has 3 nitrogen and oxygen atoms in total. The summed E-state index contributed by atoms with van der Waals surface area (Å²) in [5, 5.41) is 5.15. The number of hydrazone groups is 1. The van der Waals surface area contributed by atoms with Gasteiger partial charge in [-0.2, -0.15) is 5.10 Å². The minimum absolute atomic E-state index is 1.49. The van der Waals surface area contributed by atoms with Crippen molar-refractivity contribution < 1.29 is 0 Å². The molecule has 0 amide bonds. The van der Waals surface area contributed by atoms with E-state index >= 15 is 0 Å². The van der Waals surface area contributed by atoms with Gasteiger partial charge in [0.25, 0.3) is 0 Å². The predicted octanol–water partition coefficient (Wildman–Crippen LogP) is 0.766. The first-order chi connectivity index (χ1) is 4.91. The Bertz CT molecular complexity index is 133. The molecule has 0 saturated carbocycles. The molecule has 0 aliphatic heterocycles. The van der Waals surface area contributed by atoms with Crippen LogP contribution in [0.5, 0.6) is 0 Å². The van der Waals surface area contributed by atoms with E-state index in [1.54, 1.807) is 18.4 Å². The number of hydrogen-bond donors (Lipinski definition) is 2. The molecule has 0 fully saturated rings. The van der Waals surface area contributed by atoms with Crippen LogP contribution in [0.25, 0.3) is 0 Å². The van der Waals surface area contributed by atoms with Crippen molar-refractivity contribution in [1.82, 2.24) is 11.0 Å². The van der Waals surface area contributed by atoms with E-state index in [4.69, 9.17) is 0 Å². The molecule has 0 saturated heterocycles. The Kier molecular flexibility index (Phi) is 6.93. The van der Waals surface area contributed by atoms with Crippen LogP contribution < -0.4 is 11.0 Å². The van der Waals surface area contributed by atoms with Crippen LogP contribution in [0.3, 0.4) is 0 Å². The normalized spacial score (nSPS) is 10.0. The molecule has 54 valence electrons. The fourth-order valence-electron chi connectivity index (χ4n) is 0.252. The molecule has 0 heterocycles. The molecule has 4 heteroatoms. The van der Waals surface area contributed by atoms with Crippen LogP contribution in [0, 0.1) is 0 Å². The Labute approximate surface area is 65.5 Å². The Morgan fingerprint density at radius 3 is 2.90 bits per heavy atom. The number of nitrogens with zero attached hydrogens (tertiary/aromatic N) is 1. The van der Waals surface area contributed by atoms with Gasteiger partial charge in [-0.25, -0.2) is 5.53 Å². The van der Waals surface area contributed by atoms with E-state index in [0.29, 0.717) is 0 Å². The maximum atomic E-state index is 4.52. The van der Waals surface area contributed by atoms with Gasteiger partial charge in [-0.15, -0.1) is 0 Å². The zero-order valence-electron chi connectivity index (χ0n) is 5.45. The number of rotatable bonds is 5. The van der Waals surface area contributed by atoms with Crippen LogP contribution in [-0.2, 0) is 0 Å². The molecular formula is C6H9N3S. The van der Waals surface area contributed by atoms with Gasteiger partial charge < -0.3 is 0 Å². The van der Waals surface area contributed by atoms with Gasteiger partial charge in [0, 0.05) is 17.8 Å². The SMILES string of the molecule is C=C/C=N/NNC=CC=S. The molecule has 0 bridgehead atoms. The van der Waals surface area contributed by atoms with E-state index in [9.17, 15) is 0 Å². The van der Waals surface area contributed by atoms with E-state index < -0.39 is 0 Å². The Morgan fingerprint density at radius 1 is 1.50 bits per heavy atom. The van der Waals surface area contributed by atoms with Crippen molar-refractivity contribution in [2.45, 2.75) is 0 Å². The molecular weight excluding hydrogens is 146 g/mol. The first-order valence-electron chi connectivity index (χ1n) is 2.66. The average molecular weight is 155 g/mol. The van der Waals surface area contributed by atoms with E-state index in [2.05, 4.69) is 34.9 Å². The van der Waals surface area contributed by atoms with Crippen molar-refractivity contribution in [3.05, 3.63) is 24.9 Å². The first-order valence-corrected chi connectivity index (χ1v) is 3.14. The van der Waals surface area contributed by atoms with Crippen LogP contribution in [0.1, 0.15) is 0 Å². The molecule has 0 atom stereocenters. The van der Waals surface area contributed by atoms with E-state index in [-0.39, 0.29) is 0 Å². The Balaban J connectivity index is 3.19. The first kappa shape index (κ1) is 8.84. The van der Waals surface area contributed by atoms with Crippen LogP contribution in [0.15, 0.2) is 30.0 Å². The summed E-state index contributed by atoms with van der Waals surface area (Å²) in [4.78, 5) is 0. The molecule has 0 rings (SSSR count). The summed E-state index contributed by atoms with van der Waals surface area (Å²) in [6.45, 7) is 3.44. The minimum Gasteiger partial charge on any atom is -0.292 e. The molecule has 0 aromatic heterocycles. The van der Waals surface area contributed by atoms with Crippen molar-refractivity contribution in [2.75, 3.05) is 0 Å². The highest BCUT2D eigenvalue weighted by Gasteiger charge is 1.63. The lowest BCUT2D eigenvalue weighted by Gasteiger charge is -1.93. The summed E-state index contributed by atoms with van der Waals surface area (Å²) in [5.74, 6) is 0. The number of nitrogens with one attached hydrogen (secondary N) is 2. The largest absolute Gasteiger partial charge is 0.292 e. The standard InChI is InChI=1S/C6H9N3S/c1-2-4-7-9-8-5-3-6-10/h2-6,8-9H,1H2/b5-3?,7-4+. The van der Waals surface area contributed by atoms with Crippen LogP contribution in [-0.4, -0.2) is 11.6 Å². The molecule has 10 heavy (non-hydrogen) atoms. The van der Waals surface area contributed by atoms with E-state index in [1.165, 1.54) is 11.6 Å². The minimum atomic E-state index is 1.49. The van der Waals surface area contributed by atoms with Crippen LogP contribution >= 0.6 is 12.2 Å². The molecule has 0 aromatic carbocycles. The second kappa shape index (κ2) is 7.84. The average Bonchev–Trinajstić information content (AvgIpc) is 1.97. The molecule has 2 N–H and O–H groups in total. The van der Waals surface area contributed by atoms with Gasteiger partial charge in [-0.3, -0.25) is 5.43 Å². The molecule has 0 radical (unpaired) electrons. The van der Waals surface area contributed by atoms with Crippen molar-refractivity contribution in [2.24, 2.45) is 5.10 Å². The predicted molar refractivity (Wildman–Crippen MR) is 47.8 cm³/mol. The van der Waals surface area contributed by atoms with Gasteiger partial charge in [-0.1, -0.05) is 18.8 Å². The number of hydrogen-bond acceptors (Lipinski definition) is 4. The third-order valence-electron chi connectivity index (χ3n) is 0.567. The van der Waals surface area contributed by atoms with Gasteiger partial charge in [-0.05, 0) is 12.2 Å². The van der Waals surface area contributed by atoms with Gasteiger partial charge in [0.2, 0.25) is 0 Å². The summed E-state index contributed by atoms with van der Waals surface area (Å²) in [5.41, 5.74) is 5.16. The molecule has 0 aromatic rings. The number of thiocarbonyl (C=S) groups is 1. The van der Waals surface area contributed by atoms with Crippen LogP contribution in [0.2, 0.25) is 0 Å². The lowest BCUT2D eigenvalue weighted by atomic mass is 10.7. The van der Waals surface area contributed by atoms with Crippen molar-refractivity contribution in [3.8, 4) is 0 Å². The van der Waals surface area contributed by atoms with E-state index in [0.717, 1.165) is 0 Å². The Hall–Kier alpha value is -1.16. The highest BCUT2D eigenvalue weighted by atomic mass is 32.1. The number of hydrazine groups is 1. The highest BCUT2D eigenvalue weighted by Crippen LogP contribution is 1.59. The molecule has 0 aliphatic rings. The van der Waals surface area contributed by atoms with Gasteiger partial charge in [0.05, 0.1) is 0 Å².